The molecule has 1 heterocycles. The largest absolute Gasteiger partial charge is 0.315 e. The second kappa shape index (κ2) is 4.99. The monoisotopic (exact) mass is 268 g/mol. The molecule has 1 saturated heterocycles. The van der Waals surface area contributed by atoms with Gasteiger partial charge >= 0.3 is 0 Å². The summed E-state index contributed by atoms with van der Waals surface area (Å²) in [7, 11) is -3.41. The van der Waals surface area contributed by atoms with Crippen LogP contribution >= 0.6 is 0 Å². The van der Waals surface area contributed by atoms with Gasteiger partial charge in [0.05, 0.1) is 4.90 Å². The zero-order valence-electron chi connectivity index (χ0n) is 11.0. The maximum atomic E-state index is 12.3. The highest BCUT2D eigenvalue weighted by molar-refractivity contribution is 7.89. The number of aryl methyl sites for hydroxylation is 2. The molecule has 2 atom stereocenters. The first-order chi connectivity index (χ1) is 8.40. The lowest BCUT2D eigenvalue weighted by Gasteiger charge is -2.17. The van der Waals surface area contributed by atoms with Crippen molar-refractivity contribution in [3.8, 4) is 0 Å². The van der Waals surface area contributed by atoms with Gasteiger partial charge < -0.3 is 5.32 Å². The zero-order chi connectivity index (χ0) is 13.3. The summed E-state index contributed by atoms with van der Waals surface area (Å²) in [5.74, 6) is 0.325. The Kier molecular flexibility index (Phi) is 3.75. The Morgan fingerprint density at radius 3 is 2.56 bits per heavy atom. The molecule has 1 aromatic rings. The van der Waals surface area contributed by atoms with Crippen LogP contribution in [0.2, 0.25) is 0 Å². The zero-order valence-corrected chi connectivity index (χ0v) is 11.8. The lowest BCUT2D eigenvalue weighted by Crippen LogP contribution is -2.39. The summed E-state index contributed by atoms with van der Waals surface area (Å²) < 4.78 is 27.4. The fraction of sp³-hybridized carbons (Fsp3) is 0.538. The van der Waals surface area contributed by atoms with E-state index >= 15 is 0 Å². The van der Waals surface area contributed by atoms with Crippen molar-refractivity contribution in [1.82, 2.24) is 10.0 Å². The molecule has 0 aliphatic carbocycles. The summed E-state index contributed by atoms with van der Waals surface area (Å²) >= 11 is 0. The molecule has 0 spiro atoms. The summed E-state index contributed by atoms with van der Waals surface area (Å²) in [6.07, 6.45) is 0. The Labute approximate surface area is 109 Å². The van der Waals surface area contributed by atoms with Crippen molar-refractivity contribution in [2.75, 3.05) is 13.1 Å². The maximum Gasteiger partial charge on any atom is 0.241 e. The third-order valence-electron chi connectivity index (χ3n) is 3.44. The van der Waals surface area contributed by atoms with Crippen LogP contribution < -0.4 is 10.0 Å². The van der Waals surface area contributed by atoms with Gasteiger partial charge in [0.15, 0.2) is 0 Å². The highest BCUT2D eigenvalue weighted by Gasteiger charge is 2.28. The number of nitrogens with one attached hydrogen (secondary N) is 2. The quantitative estimate of drug-likeness (QED) is 0.866. The van der Waals surface area contributed by atoms with E-state index in [9.17, 15) is 8.42 Å². The van der Waals surface area contributed by atoms with Gasteiger partial charge in [-0.3, -0.25) is 0 Å². The van der Waals surface area contributed by atoms with Crippen LogP contribution in [0, 0.1) is 19.8 Å². The SMILES string of the molecule is Cc1ccc(S(=O)(=O)NC2CNCC2C)c(C)c1. The van der Waals surface area contributed by atoms with E-state index in [1.807, 2.05) is 26.0 Å². The second-order valence-electron chi connectivity index (χ2n) is 5.13. The maximum absolute atomic E-state index is 12.3. The topological polar surface area (TPSA) is 58.2 Å². The predicted octanol–water partition coefficient (Wildman–Crippen LogP) is 1.19. The van der Waals surface area contributed by atoms with Crippen molar-refractivity contribution in [1.29, 1.82) is 0 Å². The minimum atomic E-state index is -3.41. The minimum Gasteiger partial charge on any atom is -0.315 e. The Balaban J connectivity index is 2.25. The van der Waals surface area contributed by atoms with Crippen molar-refractivity contribution in [2.45, 2.75) is 31.7 Å². The molecule has 0 radical (unpaired) electrons. The molecule has 18 heavy (non-hydrogen) atoms. The number of hydrogen-bond donors (Lipinski definition) is 2. The van der Waals surface area contributed by atoms with Crippen LogP contribution in [0.1, 0.15) is 18.1 Å². The van der Waals surface area contributed by atoms with Gasteiger partial charge in [-0.1, -0.05) is 24.6 Å². The van der Waals surface area contributed by atoms with Crippen molar-refractivity contribution in [2.24, 2.45) is 5.92 Å². The molecule has 1 aromatic carbocycles. The number of rotatable bonds is 3. The summed E-state index contributed by atoms with van der Waals surface area (Å²) in [6.45, 7) is 7.40. The molecule has 4 nitrogen and oxygen atoms in total. The standard InChI is InChI=1S/C13H20N2O2S/c1-9-4-5-13(10(2)6-9)18(16,17)15-12-8-14-7-11(12)3/h4-6,11-12,14-15H,7-8H2,1-3H3. The van der Waals surface area contributed by atoms with Crippen LogP contribution in [0.15, 0.2) is 23.1 Å². The van der Waals surface area contributed by atoms with Crippen LogP contribution in [-0.2, 0) is 10.0 Å². The van der Waals surface area contributed by atoms with E-state index in [1.54, 1.807) is 6.07 Å². The lowest BCUT2D eigenvalue weighted by molar-refractivity contribution is 0.502. The molecule has 0 bridgehead atoms. The Morgan fingerprint density at radius 1 is 1.28 bits per heavy atom. The molecule has 1 aliphatic rings. The van der Waals surface area contributed by atoms with E-state index in [1.165, 1.54) is 0 Å². The molecular formula is C13H20N2O2S. The number of benzene rings is 1. The summed E-state index contributed by atoms with van der Waals surface area (Å²) in [5.41, 5.74) is 1.86. The first-order valence-electron chi connectivity index (χ1n) is 6.20. The highest BCUT2D eigenvalue weighted by Crippen LogP contribution is 2.18. The Morgan fingerprint density at radius 2 is 2.00 bits per heavy atom. The lowest BCUT2D eigenvalue weighted by atomic mass is 10.1. The van der Waals surface area contributed by atoms with Crippen LogP contribution in [-0.4, -0.2) is 27.5 Å². The van der Waals surface area contributed by atoms with Gasteiger partial charge in [-0.25, -0.2) is 13.1 Å². The van der Waals surface area contributed by atoms with E-state index in [4.69, 9.17) is 0 Å². The fourth-order valence-electron chi connectivity index (χ4n) is 2.33. The average Bonchev–Trinajstić information content (AvgIpc) is 2.63. The minimum absolute atomic E-state index is 0.0179. The number of sulfonamides is 1. The Bertz CT molecular complexity index is 540. The van der Waals surface area contributed by atoms with E-state index in [-0.39, 0.29) is 6.04 Å². The smallest absolute Gasteiger partial charge is 0.241 e. The molecule has 5 heteroatoms. The molecule has 1 fully saturated rings. The highest BCUT2D eigenvalue weighted by atomic mass is 32.2. The third-order valence-corrected chi connectivity index (χ3v) is 5.09. The summed E-state index contributed by atoms with van der Waals surface area (Å²) in [5, 5.41) is 3.19. The van der Waals surface area contributed by atoms with Crippen LogP contribution in [0.25, 0.3) is 0 Å². The van der Waals surface area contributed by atoms with Gasteiger partial charge in [0.2, 0.25) is 10.0 Å². The molecule has 0 aromatic heterocycles. The summed E-state index contributed by atoms with van der Waals surface area (Å²) in [4.78, 5) is 0.382. The second-order valence-corrected chi connectivity index (χ2v) is 6.81. The molecule has 100 valence electrons. The summed E-state index contributed by atoms with van der Waals surface area (Å²) in [6, 6.07) is 5.39. The van der Waals surface area contributed by atoms with E-state index < -0.39 is 10.0 Å². The van der Waals surface area contributed by atoms with Gasteiger partial charge in [0.25, 0.3) is 0 Å². The normalized spacial score (nSPS) is 24.4. The van der Waals surface area contributed by atoms with E-state index in [0.717, 1.165) is 17.7 Å². The predicted molar refractivity (Wildman–Crippen MR) is 72.1 cm³/mol. The van der Waals surface area contributed by atoms with Crippen molar-refractivity contribution >= 4 is 10.0 Å². The molecule has 2 N–H and O–H groups in total. The van der Waals surface area contributed by atoms with Gasteiger partial charge in [-0.2, -0.15) is 0 Å². The van der Waals surface area contributed by atoms with Crippen molar-refractivity contribution < 1.29 is 8.42 Å². The molecule has 0 saturated carbocycles. The number of hydrogen-bond acceptors (Lipinski definition) is 3. The van der Waals surface area contributed by atoms with Crippen molar-refractivity contribution in [3.05, 3.63) is 29.3 Å². The molecular weight excluding hydrogens is 248 g/mol. The molecule has 0 amide bonds. The molecule has 2 rings (SSSR count). The van der Waals surface area contributed by atoms with Gasteiger partial charge in [-0.05, 0) is 37.9 Å². The van der Waals surface area contributed by atoms with Gasteiger partial charge in [-0.15, -0.1) is 0 Å². The fourth-order valence-corrected chi connectivity index (χ4v) is 3.90. The van der Waals surface area contributed by atoms with Crippen LogP contribution in [0.5, 0.6) is 0 Å². The molecule has 1 aliphatic heterocycles. The van der Waals surface area contributed by atoms with Gasteiger partial charge in [0.1, 0.15) is 0 Å². The van der Waals surface area contributed by atoms with Crippen LogP contribution in [0.4, 0.5) is 0 Å². The average molecular weight is 268 g/mol. The van der Waals surface area contributed by atoms with Crippen LogP contribution in [0.3, 0.4) is 0 Å². The van der Waals surface area contributed by atoms with Gasteiger partial charge in [0, 0.05) is 12.6 Å². The Hall–Kier alpha value is -0.910. The first kappa shape index (κ1) is 13.5. The molecule has 2 unspecified atom stereocenters. The van der Waals surface area contributed by atoms with E-state index in [2.05, 4.69) is 17.0 Å². The first-order valence-corrected chi connectivity index (χ1v) is 7.69. The third kappa shape index (κ3) is 2.74. The van der Waals surface area contributed by atoms with Crippen molar-refractivity contribution in [3.63, 3.8) is 0 Å². The van der Waals surface area contributed by atoms with E-state index in [0.29, 0.717) is 17.4 Å².